The standard InChI is InChI=1S/C14H24N2O3/c17-12(8-11-4-3-7-15-10-11)16-14(9-13(18)19)5-1-2-6-14/h11,15H,1-10H2,(H,16,17)(H,18,19). The summed E-state index contributed by atoms with van der Waals surface area (Å²) < 4.78 is 0. The molecule has 0 spiro atoms. The zero-order chi connectivity index (χ0) is 13.7. The molecule has 1 amide bonds. The van der Waals surface area contributed by atoms with Crippen molar-refractivity contribution in [1.29, 1.82) is 0 Å². The number of carbonyl (C=O) groups is 2. The number of carboxylic acids is 1. The third-order valence-corrected chi connectivity index (χ3v) is 4.33. The second-order valence-electron chi connectivity index (χ2n) is 6.02. The van der Waals surface area contributed by atoms with Gasteiger partial charge in [0.1, 0.15) is 0 Å². The molecular formula is C14H24N2O3. The van der Waals surface area contributed by atoms with Crippen LogP contribution in [0.2, 0.25) is 0 Å². The first-order valence-corrected chi connectivity index (χ1v) is 7.33. The molecule has 1 unspecified atom stereocenters. The molecule has 2 rings (SSSR count). The Kier molecular flexibility index (Phi) is 4.80. The van der Waals surface area contributed by atoms with Crippen LogP contribution in [-0.2, 0) is 9.59 Å². The third-order valence-electron chi connectivity index (χ3n) is 4.33. The fourth-order valence-corrected chi connectivity index (χ4v) is 3.39. The summed E-state index contributed by atoms with van der Waals surface area (Å²) in [5.74, 6) is -0.393. The van der Waals surface area contributed by atoms with E-state index in [-0.39, 0.29) is 12.3 Å². The summed E-state index contributed by atoms with van der Waals surface area (Å²) in [5.41, 5.74) is -0.481. The molecule has 1 saturated carbocycles. The van der Waals surface area contributed by atoms with Gasteiger partial charge in [0.05, 0.1) is 12.0 Å². The first kappa shape index (κ1) is 14.3. The molecule has 1 aliphatic heterocycles. The van der Waals surface area contributed by atoms with Crippen LogP contribution in [0, 0.1) is 5.92 Å². The van der Waals surface area contributed by atoms with Crippen molar-refractivity contribution in [1.82, 2.24) is 10.6 Å². The zero-order valence-electron chi connectivity index (χ0n) is 11.4. The highest BCUT2D eigenvalue weighted by atomic mass is 16.4. The van der Waals surface area contributed by atoms with Crippen molar-refractivity contribution in [3.63, 3.8) is 0 Å². The van der Waals surface area contributed by atoms with Crippen molar-refractivity contribution in [3.8, 4) is 0 Å². The van der Waals surface area contributed by atoms with Crippen LogP contribution in [-0.4, -0.2) is 35.6 Å². The minimum Gasteiger partial charge on any atom is -0.481 e. The van der Waals surface area contributed by atoms with Crippen LogP contribution < -0.4 is 10.6 Å². The molecule has 19 heavy (non-hydrogen) atoms. The lowest BCUT2D eigenvalue weighted by molar-refractivity contribution is -0.139. The highest BCUT2D eigenvalue weighted by Crippen LogP contribution is 2.33. The molecule has 2 aliphatic rings. The number of nitrogens with one attached hydrogen (secondary N) is 2. The SMILES string of the molecule is O=C(O)CC1(NC(=O)CC2CCCNC2)CCCC1. The number of aliphatic carboxylic acids is 1. The molecule has 0 radical (unpaired) electrons. The topological polar surface area (TPSA) is 78.4 Å². The van der Waals surface area contributed by atoms with Gasteiger partial charge in [-0.3, -0.25) is 9.59 Å². The lowest BCUT2D eigenvalue weighted by atomic mass is 9.91. The molecule has 5 nitrogen and oxygen atoms in total. The molecule has 1 atom stereocenters. The molecule has 2 fully saturated rings. The number of rotatable bonds is 5. The van der Waals surface area contributed by atoms with Crippen LogP contribution in [0.4, 0.5) is 0 Å². The van der Waals surface area contributed by atoms with E-state index < -0.39 is 11.5 Å². The average molecular weight is 268 g/mol. The fraction of sp³-hybridized carbons (Fsp3) is 0.857. The summed E-state index contributed by atoms with van der Waals surface area (Å²) in [7, 11) is 0. The molecule has 1 heterocycles. The van der Waals surface area contributed by atoms with Gasteiger partial charge >= 0.3 is 5.97 Å². The van der Waals surface area contributed by atoms with Crippen molar-refractivity contribution in [2.45, 2.75) is 56.9 Å². The van der Waals surface area contributed by atoms with E-state index in [1.807, 2.05) is 0 Å². The van der Waals surface area contributed by atoms with Gasteiger partial charge in [0.2, 0.25) is 5.91 Å². The maximum Gasteiger partial charge on any atom is 0.305 e. The van der Waals surface area contributed by atoms with Gasteiger partial charge in [-0.15, -0.1) is 0 Å². The van der Waals surface area contributed by atoms with E-state index in [4.69, 9.17) is 5.11 Å². The average Bonchev–Trinajstić information content (AvgIpc) is 2.77. The van der Waals surface area contributed by atoms with Gasteiger partial charge in [-0.2, -0.15) is 0 Å². The number of hydrogen-bond donors (Lipinski definition) is 3. The summed E-state index contributed by atoms with van der Waals surface area (Å²) >= 11 is 0. The summed E-state index contributed by atoms with van der Waals surface area (Å²) in [6, 6.07) is 0. The molecule has 5 heteroatoms. The molecule has 0 aromatic carbocycles. The van der Waals surface area contributed by atoms with Gasteiger partial charge in [0.25, 0.3) is 0 Å². The first-order chi connectivity index (χ1) is 9.10. The number of carbonyl (C=O) groups excluding carboxylic acids is 1. The Labute approximate surface area is 114 Å². The third kappa shape index (κ3) is 4.20. The Bertz CT molecular complexity index is 332. The quantitative estimate of drug-likeness (QED) is 0.702. The van der Waals surface area contributed by atoms with Gasteiger partial charge < -0.3 is 15.7 Å². The molecule has 0 aromatic heterocycles. The number of carboxylic acid groups (broad SMARTS) is 1. The van der Waals surface area contributed by atoms with Crippen molar-refractivity contribution in [3.05, 3.63) is 0 Å². The van der Waals surface area contributed by atoms with E-state index in [9.17, 15) is 9.59 Å². The van der Waals surface area contributed by atoms with E-state index in [1.54, 1.807) is 0 Å². The minimum absolute atomic E-state index is 0.0249. The second-order valence-corrected chi connectivity index (χ2v) is 6.02. The smallest absolute Gasteiger partial charge is 0.305 e. The van der Waals surface area contributed by atoms with Crippen LogP contribution in [0.5, 0.6) is 0 Å². The number of piperidine rings is 1. The Morgan fingerprint density at radius 2 is 2.00 bits per heavy atom. The molecule has 1 aliphatic carbocycles. The summed E-state index contributed by atoms with van der Waals surface area (Å²) in [6.07, 6.45) is 6.42. The van der Waals surface area contributed by atoms with E-state index in [1.165, 1.54) is 0 Å². The lowest BCUT2D eigenvalue weighted by Crippen LogP contribution is -2.48. The van der Waals surface area contributed by atoms with Gasteiger partial charge in [0, 0.05) is 6.42 Å². The lowest BCUT2D eigenvalue weighted by Gasteiger charge is -2.30. The van der Waals surface area contributed by atoms with Crippen molar-refractivity contribution in [2.24, 2.45) is 5.92 Å². The van der Waals surface area contributed by atoms with Crippen LogP contribution in [0.3, 0.4) is 0 Å². The van der Waals surface area contributed by atoms with Gasteiger partial charge in [-0.25, -0.2) is 0 Å². The van der Waals surface area contributed by atoms with Crippen molar-refractivity contribution in [2.75, 3.05) is 13.1 Å². The fourth-order valence-electron chi connectivity index (χ4n) is 3.39. The normalized spacial score (nSPS) is 26.0. The Hall–Kier alpha value is -1.10. The van der Waals surface area contributed by atoms with Gasteiger partial charge in [-0.05, 0) is 44.7 Å². The molecule has 1 saturated heterocycles. The van der Waals surface area contributed by atoms with E-state index in [2.05, 4.69) is 10.6 Å². The second kappa shape index (κ2) is 6.37. The number of hydrogen-bond acceptors (Lipinski definition) is 3. The van der Waals surface area contributed by atoms with Crippen molar-refractivity contribution >= 4 is 11.9 Å². The predicted octanol–water partition coefficient (Wildman–Crippen LogP) is 1.28. The Morgan fingerprint density at radius 1 is 1.26 bits per heavy atom. The van der Waals surface area contributed by atoms with Crippen LogP contribution in [0.1, 0.15) is 51.4 Å². The first-order valence-electron chi connectivity index (χ1n) is 7.33. The predicted molar refractivity (Wildman–Crippen MR) is 71.8 cm³/mol. The molecule has 0 aromatic rings. The summed E-state index contributed by atoms with van der Waals surface area (Å²) in [4.78, 5) is 23.1. The largest absolute Gasteiger partial charge is 0.481 e. The monoisotopic (exact) mass is 268 g/mol. The highest BCUT2D eigenvalue weighted by Gasteiger charge is 2.37. The van der Waals surface area contributed by atoms with Crippen LogP contribution in [0.15, 0.2) is 0 Å². The van der Waals surface area contributed by atoms with Gasteiger partial charge in [-0.1, -0.05) is 12.8 Å². The maximum absolute atomic E-state index is 12.1. The van der Waals surface area contributed by atoms with Crippen LogP contribution in [0.25, 0.3) is 0 Å². The number of amides is 1. The highest BCUT2D eigenvalue weighted by molar-refractivity contribution is 5.78. The molecular weight excluding hydrogens is 244 g/mol. The maximum atomic E-state index is 12.1. The molecule has 0 bridgehead atoms. The minimum atomic E-state index is -0.818. The summed E-state index contributed by atoms with van der Waals surface area (Å²) in [6.45, 7) is 1.94. The molecule has 3 N–H and O–H groups in total. The van der Waals surface area contributed by atoms with E-state index >= 15 is 0 Å². The van der Waals surface area contributed by atoms with E-state index in [0.29, 0.717) is 12.3 Å². The summed E-state index contributed by atoms with van der Waals surface area (Å²) in [5, 5.41) is 15.3. The molecule has 108 valence electrons. The zero-order valence-corrected chi connectivity index (χ0v) is 11.4. The van der Waals surface area contributed by atoms with Crippen molar-refractivity contribution < 1.29 is 14.7 Å². The van der Waals surface area contributed by atoms with E-state index in [0.717, 1.165) is 51.6 Å². The van der Waals surface area contributed by atoms with Crippen LogP contribution >= 0.6 is 0 Å². The Balaban J connectivity index is 1.86. The van der Waals surface area contributed by atoms with Gasteiger partial charge in [0.15, 0.2) is 0 Å². The Morgan fingerprint density at radius 3 is 2.58 bits per heavy atom.